The maximum Gasteiger partial charge on any atom is 0.472 e. The normalized spacial score (nSPS) is 30.7. The summed E-state index contributed by atoms with van der Waals surface area (Å²) in [5, 5.41) is 68.3. The fourth-order valence-corrected chi connectivity index (χ4v) is 9.92. The summed E-state index contributed by atoms with van der Waals surface area (Å²) >= 11 is 0. The number of phosphoric ester groups is 2. The van der Waals surface area contributed by atoms with Gasteiger partial charge in [-0.05, 0) is 51.4 Å². The molecule has 0 aromatic rings. The molecule has 2 fully saturated rings. The van der Waals surface area contributed by atoms with E-state index < -0.39 is 120 Å². The van der Waals surface area contributed by atoms with Crippen LogP contribution in [0.3, 0.4) is 0 Å². The Labute approximate surface area is 402 Å². The Balaban J connectivity index is 2.34. The minimum Gasteiger partial charge on any atom is -0.462 e. The molecule has 0 radical (unpaired) electrons. The molecule has 1 saturated carbocycles. The Bertz CT molecular complexity index is 1570. The van der Waals surface area contributed by atoms with Gasteiger partial charge in [0.15, 0.2) is 6.10 Å². The second-order valence-corrected chi connectivity index (χ2v) is 20.9. The van der Waals surface area contributed by atoms with Crippen LogP contribution in [0.1, 0.15) is 174 Å². The summed E-state index contributed by atoms with van der Waals surface area (Å²) in [4.78, 5) is 70.5. The zero-order valence-electron chi connectivity index (χ0n) is 40.3. The van der Waals surface area contributed by atoms with E-state index in [4.69, 9.17) is 23.0 Å². The number of fused-ring (bicyclic) bond motifs is 4. The highest BCUT2D eigenvalue weighted by Crippen LogP contribution is 2.49. The maximum absolute atomic E-state index is 13.8. The summed E-state index contributed by atoms with van der Waals surface area (Å²) in [6.45, 7) is 2.56. The van der Waals surface area contributed by atoms with E-state index in [1.165, 1.54) is 44.6 Å². The van der Waals surface area contributed by atoms with Gasteiger partial charge in [-0.25, -0.2) is 9.13 Å². The monoisotopic (exact) mass is 1010 g/mol. The molecule has 1 heterocycles. The minimum atomic E-state index is -5.78. The van der Waals surface area contributed by atoms with Gasteiger partial charge in [0, 0.05) is 31.1 Å². The summed E-state index contributed by atoms with van der Waals surface area (Å²) in [5.74, 6) is -5.49. The number of unbranched alkanes of at least 4 members (excludes halogenated alkanes) is 13. The van der Waals surface area contributed by atoms with E-state index in [0.29, 0.717) is 32.1 Å². The molecule has 1 saturated heterocycles. The molecule has 68 heavy (non-hydrogen) atoms. The van der Waals surface area contributed by atoms with Gasteiger partial charge in [0.25, 0.3) is 0 Å². The second kappa shape index (κ2) is 34.4. The number of carbonyl (C=O) groups is 3. The molecule has 2 aliphatic rings. The summed E-state index contributed by atoms with van der Waals surface area (Å²) in [6.07, 6.45) is 3.62. The van der Waals surface area contributed by atoms with E-state index in [-0.39, 0.29) is 32.1 Å². The van der Waals surface area contributed by atoms with Gasteiger partial charge in [0.2, 0.25) is 0 Å². The van der Waals surface area contributed by atoms with E-state index in [9.17, 15) is 68.8 Å². The van der Waals surface area contributed by atoms with E-state index in [1.807, 2.05) is 6.92 Å². The summed E-state index contributed by atoms with van der Waals surface area (Å²) in [6, 6.07) is 0. The molecule has 1 unspecified atom stereocenters. The van der Waals surface area contributed by atoms with Crippen molar-refractivity contribution >= 4 is 33.4 Å². The highest BCUT2D eigenvalue weighted by molar-refractivity contribution is 7.47. The molecule has 1 aliphatic heterocycles. The summed E-state index contributed by atoms with van der Waals surface area (Å²) < 4.78 is 52.2. The standard InChI is InChI=1S/C47H84O19P2/c1-3-5-7-8-9-10-11-12-13-14-15-16-17-18-24-28-41(52)64-35-32-62-40(51)27-23-20-19-22-26-36-38(49)31-39(50)37(30-29-34(48)25-21-6-4-2)43(54)46(65-67(57,58)59)47(45(56)44(55)42(36)53)66-68(60,61)63-33-35/h12-13,29-30,34-37,39,42-48,50,53-56H,3-11,14-28,31-33H2,1-2H3,(H,60,61)(H2,57,58,59)/b13-12-,30-29+/t34-,35+,36-,37-,39+,42+,43+,44-,45+,46+,47-/m0/s1. The lowest BCUT2D eigenvalue weighted by atomic mass is 9.83. The molecular weight excluding hydrogens is 930 g/mol. The lowest BCUT2D eigenvalue weighted by Gasteiger charge is -2.38. The van der Waals surface area contributed by atoms with Crippen molar-refractivity contribution in [2.75, 3.05) is 13.2 Å². The van der Waals surface area contributed by atoms with Gasteiger partial charge >= 0.3 is 27.6 Å². The number of aliphatic hydroxyl groups is 6. The number of carbonyl (C=O) groups excluding carboxylic acids is 3. The molecular formula is C47H84O19P2. The number of esters is 2. The van der Waals surface area contributed by atoms with Crippen LogP contribution in [0.15, 0.2) is 24.3 Å². The molecule has 0 aromatic carbocycles. The molecule has 0 spiro atoms. The number of aliphatic hydroxyl groups excluding tert-OH is 6. The zero-order chi connectivity index (χ0) is 50.5. The Morgan fingerprint density at radius 2 is 1.40 bits per heavy atom. The van der Waals surface area contributed by atoms with Crippen LogP contribution in [0.25, 0.3) is 0 Å². The Morgan fingerprint density at radius 3 is 2.04 bits per heavy atom. The van der Waals surface area contributed by atoms with Crippen LogP contribution in [0.2, 0.25) is 0 Å². The average molecular weight is 1020 g/mol. The quantitative estimate of drug-likeness (QED) is 0.0221. The third kappa shape index (κ3) is 26.0. The van der Waals surface area contributed by atoms with E-state index in [0.717, 1.165) is 57.4 Å². The molecule has 0 amide bonds. The first-order chi connectivity index (χ1) is 32.3. The molecule has 9 N–H and O–H groups in total. The molecule has 0 aromatic heterocycles. The van der Waals surface area contributed by atoms with E-state index in [2.05, 4.69) is 19.1 Å². The van der Waals surface area contributed by atoms with E-state index >= 15 is 0 Å². The summed E-state index contributed by atoms with van der Waals surface area (Å²) in [5.41, 5.74) is 0. The number of rotatable bonds is 24. The van der Waals surface area contributed by atoms with E-state index in [1.54, 1.807) is 0 Å². The van der Waals surface area contributed by atoms with Gasteiger partial charge in [0.1, 0.15) is 36.8 Å². The van der Waals surface area contributed by atoms with Crippen LogP contribution in [-0.2, 0) is 46.6 Å². The van der Waals surface area contributed by atoms with Gasteiger partial charge in [-0.1, -0.05) is 128 Å². The third-order valence-corrected chi connectivity index (χ3v) is 13.9. The number of ketones is 1. The SMILES string of the molecule is CCCCCCCC/C=C\CCCCCCCC(=O)O[C@@H]1COC(=O)CCCCCC[C@H]2C(=O)C[C@@H](O)[C@H](/C=C/[C@@H](O)CCCCC)[C@@H](O)[C@@H](OP(=O)(O)O)[C@@H](OP(=O)(O)OC1)[C@H](O)[C@@H](O)[C@@H]2O. The van der Waals surface area contributed by atoms with Crippen molar-refractivity contribution in [1.82, 2.24) is 0 Å². The smallest absolute Gasteiger partial charge is 0.462 e. The van der Waals surface area contributed by atoms with Crippen LogP contribution >= 0.6 is 15.6 Å². The fraction of sp³-hybridized carbons (Fsp3) is 0.851. The fourth-order valence-electron chi connectivity index (χ4n) is 8.39. The number of hydrogen-bond acceptors (Lipinski definition) is 16. The van der Waals surface area contributed by atoms with Gasteiger partial charge < -0.3 is 54.8 Å². The van der Waals surface area contributed by atoms with Crippen molar-refractivity contribution < 1.29 is 91.9 Å². The van der Waals surface area contributed by atoms with Crippen LogP contribution < -0.4 is 0 Å². The number of ether oxygens (including phenoxy) is 2. The van der Waals surface area contributed by atoms with Crippen molar-refractivity contribution in [3.05, 3.63) is 24.3 Å². The third-order valence-electron chi connectivity index (χ3n) is 12.4. The molecule has 2 bridgehead atoms. The Morgan fingerprint density at radius 1 is 0.794 bits per heavy atom. The number of phosphoric acid groups is 2. The first-order valence-electron chi connectivity index (χ1n) is 25.0. The van der Waals surface area contributed by atoms with Crippen molar-refractivity contribution in [2.24, 2.45) is 11.8 Å². The Hall–Kier alpha value is -1.93. The molecule has 21 heteroatoms. The molecule has 19 nitrogen and oxygen atoms in total. The second-order valence-electron chi connectivity index (χ2n) is 18.3. The zero-order valence-corrected chi connectivity index (χ0v) is 42.0. The van der Waals surface area contributed by atoms with Gasteiger partial charge in [0.05, 0.1) is 31.0 Å². The minimum absolute atomic E-state index is 0.0373. The largest absolute Gasteiger partial charge is 0.472 e. The number of Topliss-reactive ketones (excluding diaryl/α,β-unsaturated/α-hetero) is 1. The summed E-state index contributed by atoms with van der Waals surface area (Å²) in [7, 11) is -11.5. The highest BCUT2D eigenvalue weighted by Gasteiger charge is 2.51. The average Bonchev–Trinajstić information content (AvgIpc) is 3.28. The lowest BCUT2D eigenvalue weighted by Crippen LogP contribution is -2.56. The van der Waals surface area contributed by atoms with Crippen molar-refractivity contribution in [2.45, 2.75) is 229 Å². The predicted octanol–water partition coefficient (Wildman–Crippen LogP) is 6.32. The first kappa shape index (κ1) is 62.2. The molecule has 12 atom stereocenters. The van der Waals surface area contributed by atoms with Crippen LogP contribution in [0.4, 0.5) is 0 Å². The van der Waals surface area contributed by atoms with Crippen LogP contribution in [-0.4, -0.2) is 131 Å². The Kier molecular flexibility index (Phi) is 31.5. The number of cyclic esters (lactones) is 1. The molecule has 2 rings (SSSR count). The number of hydrogen-bond donors (Lipinski definition) is 9. The van der Waals surface area contributed by atoms with Crippen LogP contribution in [0.5, 0.6) is 0 Å². The highest BCUT2D eigenvalue weighted by atomic mass is 31.2. The van der Waals surface area contributed by atoms with Crippen molar-refractivity contribution in [3.63, 3.8) is 0 Å². The number of allylic oxidation sites excluding steroid dienone is 2. The van der Waals surface area contributed by atoms with Gasteiger partial charge in [-0.2, -0.15) is 0 Å². The van der Waals surface area contributed by atoms with Crippen LogP contribution in [0, 0.1) is 11.8 Å². The first-order valence-corrected chi connectivity index (χ1v) is 28.0. The topological polar surface area (TPSA) is 314 Å². The lowest BCUT2D eigenvalue weighted by molar-refractivity contribution is -0.165. The van der Waals surface area contributed by atoms with Gasteiger partial charge in [-0.3, -0.25) is 28.0 Å². The molecule has 396 valence electrons. The predicted molar refractivity (Wildman–Crippen MR) is 251 cm³/mol. The molecule has 1 aliphatic carbocycles. The maximum atomic E-state index is 13.8. The van der Waals surface area contributed by atoms with Crippen molar-refractivity contribution in [3.8, 4) is 0 Å². The van der Waals surface area contributed by atoms with Crippen molar-refractivity contribution in [1.29, 1.82) is 0 Å². The van der Waals surface area contributed by atoms with Gasteiger partial charge in [-0.15, -0.1) is 0 Å².